The molecule has 1 aliphatic rings. The third-order valence-electron chi connectivity index (χ3n) is 3.20. The summed E-state index contributed by atoms with van der Waals surface area (Å²) < 4.78 is 12.3. The molecule has 0 aliphatic carbocycles. The molecule has 0 spiro atoms. The van der Waals surface area contributed by atoms with Crippen LogP contribution in [-0.4, -0.2) is 54.6 Å². The SMILES string of the molecule is CC1CN(CC(O)COc2cccc(Br)c2)CC(C)O1. The van der Waals surface area contributed by atoms with Crippen LogP contribution in [0.1, 0.15) is 13.8 Å². The first-order valence-electron chi connectivity index (χ1n) is 6.97. The Morgan fingerprint density at radius 3 is 2.75 bits per heavy atom. The molecule has 1 saturated heterocycles. The maximum Gasteiger partial charge on any atom is 0.120 e. The van der Waals surface area contributed by atoms with Crippen LogP contribution in [0.5, 0.6) is 5.75 Å². The molecule has 1 aromatic carbocycles. The van der Waals surface area contributed by atoms with Gasteiger partial charge in [0.05, 0.1) is 12.2 Å². The topological polar surface area (TPSA) is 41.9 Å². The zero-order valence-electron chi connectivity index (χ0n) is 12.0. The number of halogens is 1. The van der Waals surface area contributed by atoms with E-state index in [9.17, 15) is 5.11 Å². The molecule has 0 aromatic heterocycles. The van der Waals surface area contributed by atoms with Gasteiger partial charge < -0.3 is 14.6 Å². The van der Waals surface area contributed by atoms with Crippen molar-refractivity contribution >= 4 is 15.9 Å². The molecule has 0 bridgehead atoms. The number of hydrogen-bond donors (Lipinski definition) is 1. The van der Waals surface area contributed by atoms with E-state index in [1.54, 1.807) is 0 Å². The summed E-state index contributed by atoms with van der Waals surface area (Å²) in [6, 6.07) is 7.64. The zero-order valence-corrected chi connectivity index (χ0v) is 13.5. The van der Waals surface area contributed by atoms with Crippen LogP contribution in [0.3, 0.4) is 0 Å². The largest absolute Gasteiger partial charge is 0.491 e. The molecule has 2 rings (SSSR count). The number of nitrogens with zero attached hydrogens (tertiary/aromatic N) is 1. The Morgan fingerprint density at radius 2 is 2.10 bits per heavy atom. The molecule has 5 heteroatoms. The van der Waals surface area contributed by atoms with E-state index in [2.05, 4.69) is 34.7 Å². The average Bonchev–Trinajstić information content (AvgIpc) is 2.35. The minimum atomic E-state index is -0.494. The number of ether oxygens (including phenoxy) is 2. The van der Waals surface area contributed by atoms with Crippen LogP contribution in [0, 0.1) is 0 Å². The first-order chi connectivity index (χ1) is 9.52. The third-order valence-corrected chi connectivity index (χ3v) is 3.70. The van der Waals surface area contributed by atoms with Crippen molar-refractivity contribution in [3.05, 3.63) is 28.7 Å². The van der Waals surface area contributed by atoms with Gasteiger partial charge in [0, 0.05) is 24.1 Å². The lowest BCUT2D eigenvalue weighted by atomic mass is 10.2. The summed E-state index contributed by atoms with van der Waals surface area (Å²) in [5.41, 5.74) is 0. The van der Waals surface area contributed by atoms with E-state index in [1.165, 1.54) is 0 Å². The molecule has 1 aliphatic heterocycles. The molecule has 1 heterocycles. The summed E-state index contributed by atoms with van der Waals surface area (Å²) in [7, 11) is 0. The number of hydrogen-bond acceptors (Lipinski definition) is 4. The maximum absolute atomic E-state index is 10.1. The molecule has 4 nitrogen and oxygen atoms in total. The second-order valence-corrected chi connectivity index (χ2v) is 6.31. The number of morpholine rings is 1. The van der Waals surface area contributed by atoms with Gasteiger partial charge >= 0.3 is 0 Å². The van der Waals surface area contributed by atoms with Crippen LogP contribution in [0.15, 0.2) is 28.7 Å². The zero-order chi connectivity index (χ0) is 14.5. The second kappa shape index (κ2) is 7.41. The van der Waals surface area contributed by atoms with Gasteiger partial charge in [-0.2, -0.15) is 0 Å². The Kier molecular flexibility index (Phi) is 5.84. The van der Waals surface area contributed by atoms with Crippen molar-refractivity contribution in [1.82, 2.24) is 4.90 Å². The highest BCUT2D eigenvalue weighted by atomic mass is 79.9. The molecule has 0 amide bonds. The molecule has 3 unspecified atom stereocenters. The normalized spacial score (nSPS) is 25.4. The standard InChI is InChI=1S/C15H22BrNO3/c1-11-7-17(8-12(2)20-11)9-14(18)10-19-15-5-3-4-13(16)6-15/h3-6,11-12,14,18H,7-10H2,1-2H3. The lowest BCUT2D eigenvalue weighted by Crippen LogP contribution is -2.48. The van der Waals surface area contributed by atoms with Crippen molar-refractivity contribution in [2.24, 2.45) is 0 Å². The van der Waals surface area contributed by atoms with Gasteiger partial charge in [0.1, 0.15) is 18.5 Å². The maximum atomic E-state index is 10.1. The van der Waals surface area contributed by atoms with E-state index in [-0.39, 0.29) is 12.2 Å². The predicted octanol–water partition coefficient (Wildman–Crippen LogP) is 2.30. The van der Waals surface area contributed by atoms with Gasteiger partial charge in [-0.3, -0.25) is 4.90 Å². The van der Waals surface area contributed by atoms with E-state index >= 15 is 0 Å². The first kappa shape index (κ1) is 15.8. The molecule has 112 valence electrons. The number of rotatable bonds is 5. The fraction of sp³-hybridized carbons (Fsp3) is 0.600. The summed E-state index contributed by atoms with van der Waals surface area (Å²) in [6.07, 6.45) is -0.0552. The summed E-state index contributed by atoms with van der Waals surface area (Å²) in [5, 5.41) is 10.1. The first-order valence-corrected chi connectivity index (χ1v) is 7.76. The summed E-state index contributed by atoms with van der Waals surface area (Å²) in [4.78, 5) is 2.23. The molecular formula is C15H22BrNO3. The quantitative estimate of drug-likeness (QED) is 0.890. The van der Waals surface area contributed by atoms with Crippen LogP contribution in [0.25, 0.3) is 0 Å². The predicted molar refractivity (Wildman–Crippen MR) is 82.1 cm³/mol. The van der Waals surface area contributed by atoms with Crippen molar-refractivity contribution in [1.29, 1.82) is 0 Å². The molecule has 1 fully saturated rings. The monoisotopic (exact) mass is 343 g/mol. The van der Waals surface area contributed by atoms with E-state index in [1.807, 2.05) is 24.3 Å². The third kappa shape index (κ3) is 5.05. The van der Waals surface area contributed by atoms with Crippen molar-refractivity contribution in [2.75, 3.05) is 26.2 Å². The van der Waals surface area contributed by atoms with E-state index < -0.39 is 6.10 Å². The number of β-amino-alcohol motifs (C(OH)–C–C–N with tert-alkyl or cyclic N) is 1. The van der Waals surface area contributed by atoms with Crippen molar-refractivity contribution in [3.8, 4) is 5.75 Å². The minimum Gasteiger partial charge on any atom is -0.491 e. The van der Waals surface area contributed by atoms with Gasteiger partial charge in [-0.05, 0) is 32.0 Å². The molecule has 0 saturated carbocycles. The van der Waals surface area contributed by atoms with Crippen LogP contribution in [0.2, 0.25) is 0 Å². The van der Waals surface area contributed by atoms with E-state index in [0.717, 1.165) is 23.3 Å². The van der Waals surface area contributed by atoms with Crippen LogP contribution in [0.4, 0.5) is 0 Å². The highest BCUT2D eigenvalue weighted by molar-refractivity contribution is 9.10. The molecule has 1 aromatic rings. The fourth-order valence-electron chi connectivity index (χ4n) is 2.53. The average molecular weight is 344 g/mol. The number of benzene rings is 1. The van der Waals surface area contributed by atoms with Gasteiger partial charge in [0.15, 0.2) is 0 Å². The van der Waals surface area contributed by atoms with Gasteiger partial charge in [0.2, 0.25) is 0 Å². The Balaban J connectivity index is 1.76. The number of aliphatic hydroxyl groups excluding tert-OH is 1. The lowest BCUT2D eigenvalue weighted by Gasteiger charge is -2.36. The summed E-state index contributed by atoms with van der Waals surface area (Å²) in [6.45, 7) is 6.76. The van der Waals surface area contributed by atoms with E-state index in [0.29, 0.717) is 13.2 Å². The molecule has 0 radical (unpaired) electrons. The minimum absolute atomic E-state index is 0.219. The van der Waals surface area contributed by atoms with Crippen LogP contribution < -0.4 is 4.74 Å². The van der Waals surface area contributed by atoms with Gasteiger partial charge in [-0.15, -0.1) is 0 Å². The van der Waals surface area contributed by atoms with Gasteiger partial charge in [-0.25, -0.2) is 0 Å². The van der Waals surface area contributed by atoms with Crippen LogP contribution >= 0.6 is 15.9 Å². The summed E-state index contributed by atoms with van der Waals surface area (Å²) in [5.74, 6) is 0.766. The molecule has 1 N–H and O–H groups in total. The Bertz CT molecular complexity index is 419. The fourth-order valence-corrected chi connectivity index (χ4v) is 2.91. The second-order valence-electron chi connectivity index (χ2n) is 5.40. The highest BCUT2D eigenvalue weighted by Gasteiger charge is 2.23. The highest BCUT2D eigenvalue weighted by Crippen LogP contribution is 2.18. The van der Waals surface area contributed by atoms with Crippen molar-refractivity contribution < 1.29 is 14.6 Å². The smallest absolute Gasteiger partial charge is 0.120 e. The molecular weight excluding hydrogens is 322 g/mol. The van der Waals surface area contributed by atoms with Crippen LogP contribution in [-0.2, 0) is 4.74 Å². The molecule has 3 atom stereocenters. The Morgan fingerprint density at radius 1 is 1.40 bits per heavy atom. The van der Waals surface area contributed by atoms with Gasteiger partial charge in [0.25, 0.3) is 0 Å². The lowest BCUT2D eigenvalue weighted by molar-refractivity contribution is -0.0786. The van der Waals surface area contributed by atoms with Crippen molar-refractivity contribution in [2.45, 2.75) is 32.2 Å². The molecule has 20 heavy (non-hydrogen) atoms. The van der Waals surface area contributed by atoms with E-state index in [4.69, 9.17) is 9.47 Å². The number of aliphatic hydroxyl groups is 1. The van der Waals surface area contributed by atoms with Gasteiger partial charge in [-0.1, -0.05) is 22.0 Å². The van der Waals surface area contributed by atoms with Crippen molar-refractivity contribution in [3.63, 3.8) is 0 Å². The Hall–Kier alpha value is -0.620. The summed E-state index contributed by atoms with van der Waals surface area (Å²) >= 11 is 3.40. The Labute approximate surface area is 128 Å².